The summed E-state index contributed by atoms with van der Waals surface area (Å²) in [5.41, 5.74) is 0.661. The van der Waals surface area contributed by atoms with Crippen LogP contribution in [0.4, 0.5) is 10.2 Å². The van der Waals surface area contributed by atoms with E-state index in [1.807, 2.05) is 13.8 Å². The van der Waals surface area contributed by atoms with Crippen LogP contribution in [-0.4, -0.2) is 28.4 Å². The van der Waals surface area contributed by atoms with Gasteiger partial charge in [-0.3, -0.25) is 0 Å². The summed E-state index contributed by atoms with van der Waals surface area (Å²) >= 11 is 12.2. The average Bonchev–Trinajstić information content (AvgIpc) is 2.61. The smallest absolute Gasteiger partial charge is 0.237 e. The number of aromatic hydroxyl groups is 1. The van der Waals surface area contributed by atoms with Crippen LogP contribution in [0.1, 0.15) is 25.3 Å². The van der Waals surface area contributed by atoms with Crippen LogP contribution in [0.2, 0.25) is 10.0 Å². The van der Waals surface area contributed by atoms with Crippen LogP contribution in [-0.2, 0) is 4.52 Å². The molecule has 2 rings (SSSR count). The molecule has 1 aromatic carbocycles. The van der Waals surface area contributed by atoms with Crippen molar-refractivity contribution < 1.29 is 23.7 Å². The molecule has 0 aliphatic heterocycles. The Bertz CT molecular complexity index is 795. The van der Waals surface area contributed by atoms with Gasteiger partial charge in [0.05, 0.1) is 6.29 Å². The number of nitrogens with one attached hydrogen (secondary N) is 1. The van der Waals surface area contributed by atoms with Gasteiger partial charge in [0, 0.05) is 12.7 Å². The molecule has 1 unspecified atom stereocenters. The van der Waals surface area contributed by atoms with E-state index in [1.54, 1.807) is 6.07 Å². The second-order valence-corrected chi connectivity index (χ2v) is 7.70. The van der Waals surface area contributed by atoms with E-state index in [1.165, 1.54) is 19.2 Å². The maximum absolute atomic E-state index is 14.1. The molecule has 0 aliphatic rings. The molecule has 0 saturated carbocycles. The first-order valence-corrected chi connectivity index (χ1v) is 9.69. The summed E-state index contributed by atoms with van der Waals surface area (Å²) in [6.07, 6.45) is -0.00419. The van der Waals surface area contributed by atoms with Crippen molar-refractivity contribution in [2.24, 2.45) is 0 Å². The number of anilines is 1. The second kappa shape index (κ2) is 9.02. The van der Waals surface area contributed by atoms with E-state index in [2.05, 4.69) is 10.3 Å². The van der Waals surface area contributed by atoms with E-state index in [0.29, 0.717) is 11.3 Å². The normalized spacial score (nSPS) is 12.3. The zero-order valence-corrected chi connectivity index (χ0v) is 16.7. The number of aromatic nitrogens is 1. The molecule has 2 aromatic rings. The van der Waals surface area contributed by atoms with Crippen LogP contribution < -0.4 is 10.1 Å². The SMILES string of the molecule is COP(O)CNc1nc(F)c(Cl)c(Oc2ccc(O)c(C(C)C)c2)c1Cl. The fourth-order valence-electron chi connectivity index (χ4n) is 2.08. The molecule has 0 amide bonds. The van der Waals surface area contributed by atoms with E-state index < -0.39 is 14.3 Å². The summed E-state index contributed by atoms with van der Waals surface area (Å²) in [7, 11) is -0.395. The van der Waals surface area contributed by atoms with Gasteiger partial charge < -0.3 is 24.6 Å². The van der Waals surface area contributed by atoms with Crippen molar-refractivity contribution in [1.29, 1.82) is 0 Å². The standard InChI is InChI=1S/C16H18Cl2FN2O4P/c1-8(2)10-6-9(4-5-11(10)22)25-14-12(17)15(19)21-16(13(14)18)20-7-26(23)24-3/h4-6,8,22-23H,7H2,1-3H3,(H,20,21). The molecule has 3 N–H and O–H groups in total. The van der Waals surface area contributed by atoms with Gasteiger partial charge in [-0.25, -0.2) is 0 Å². The Morgan fingerprint density at radius 3 is 2.62 bits per heavy atom. The van der Waals surface area contributed by atoms with Crippen LogP contribution >= 0.6 is 31.6 Å². The number of phenols is 1. The van der Waals surface area contributed by atoms with Crippen LogP contribution in [0.15, 0.2) is 18.2 Å². The summed E-state index contributed by atoms with van der Waals surface area (Å²) in [6.45, 7) is 3.83. The Labute approximate surface area is 161 Å². The van der Waals surface area contributed by atoms with Crippen molar-refractivity contribution in [3.05, 3.63) is 39.8 Å². The number of hydrogen-bond donors (Lipinski definition) is 3. The lowest BCUT2D eigenvalue weighted by molar-refractivity contribution is 0.392. The summed E-state index contributed by atoms with van der Waals surface area (Å²) < 4.78 is 24.5. The third kappa shape index (κ3) is 4.87. The molecular weight excluding hydrogens is 405 g/mol. The molecule has 0 fully saturated rings. The van der Waals surface area contributed by atoms with Gasteiger partial charge in [0.25, 0.3) is 0 Å². The van der Waals surface area contributed by atoms with E-state index >= 15 is 0 Å². The van der Waals surface area contributed by atoms with Crippen LogP contribution in [0.5, 0.6) is 17.2 Å². The van der Waals surface area contributed by atoms with Gasteiger partial charge >= 0.3 is 0 Å². The van der Waals surface area contributed by atoms with Gasteiger partial charge in [0.2, 0.25) is 5.95 Å². The third-order valence-corrected chi connectivity index (χ3v) is 4.96. The molecule has 0 bridgehead atoms. The Balaban J connectivity index is 2.37. The summed E-state index contributed by atoms with van der Waals surface area (Å²) in [5, 5.41) is 12.2. The lowest BCUT2D eigenvalue weighted by Crippen LogP contribution is -2.06. The van der Waals surface area contributed by atoms with Gasteiger partial charge in [0.15, 0.2) is 19.9 Å². The number of phenolic OH excluding ortho intramolecular Hbond substituents is 1. The average molecular weight is 423 g/mol. The first-order chi connectivity index (χ1) is 12.2. The number of benzene rings is 1. The van der Waals surface area contributed by atoms with E-state index in [-0.39, 0.29) is 39.6 Å². The Hall–Kier alpha value is -1.37. The summed E-state index contributed by atoms with van der Waals surface area (Å²) in [6, 6.07) is 4.61. The number of nitrogens with zero attached hydrogens (tertiary/aromatic N) is 1. The molecule has 0 saturated heterocycles. The molecule has 1 atom stereocenters. The first kappa shape index (κ1) is 20.9. The first-order valence-electron chi connectivity index (χ1n) is 7.54. The lowest BCUT2D eigenvalue weighted by Gasteiger charge is -2.16. The van der Waals surface area contributed by atoms with Crippen molar-refractivity contribution in [1.82, 2.24) is 4.98 Å². The molecule has 1 aromatic heterocycles. The van der Waals surface area contributed by atoms with Crippen molar-refractivity contribution in [2.75, 3.05) is 18.7 Å². The van der Waals surface area contributed by atoms with E-state index in [4.69, 9.17) is 32.5 Å². The predicted molar refractivity (Wildman–Crippen MR) is 101 cm³/mol. The van der Waals surface area contributed by atoms with Crippen LogP contribution in [0.3, 0.4) is 0 Å². The van der Waals surface area contributed by atoms with Crippen molar-refractivity contribution >= 4 is 37.4 Å². The minimum atomic E-state index is -1.74. The minimum Gasteiger partial charge on any atom is -0.508 e. The Kier molecular flexibility index (Phi) is 7.26. The molecule has 1 heterocycles. The van der Waals surface area contributed by atoms with Gasteiger partial charge in [0.1, 0.15) is 21.5 Å². The fourth-order valence-corrected chi connectivity index (χ4v) is 2.96. The molecule has 0 aliphatic carbocycles. The summed E-state index contributed by atoms with van der Waals surface area (Å²) in [5.74, 6) is -0.630. The highest BCUT2D eigenvalue weighted by Gasteiger charge is 2.21. The highest BCUT2D eigenvalue weighted by Crippen LogP contribution is 2.43. The van der Waals surface area contributed by atoms with Gasteiger partial charge in [-0.15, -0.1) is 0 Å². The van der Waals surface area contributed by atoms with Gasteiger partial charge in [-0.2, -0.15) is 9.37 Å². The van der Waals surface area contributed by atoms with Gasteiger partial charge in [-0.1, -0.05) is 37.0 Å². The maximum atomic E-state index is 14.1. The van der Waals surface area contributed by atoms with Crippen molar-refractivity contribution in [3.63, 3.8) is 0 Å². The number of pyridine rings is 1. The molecule has 0 spiro atoms. The largest absolute Gasteiger partial charge is 0.508 e. The highest BCUT2D eigenvalue weighted by molar-refractivity contribution is 7.46. The molecule has 0 radical (unpaired) electrons. The molecule has 10 heteroatoms. The summed E-state index contributed by atoms with van der Waals surface area (Å²) in [4.78, 5) is 13.1. The quantitative estimate of drug-likeness (QED) is 0.405. The Morgan fingerprint density at radius 1 is 1.31 bits per heavy atom. The Morgan fingerprint density at radius 2 is 2.00 bits per heavy atom. The zero-order chi connectivity index (χ0) is 19.4. The predicted octanol–water partition coefficient (Wildman–Crippen LogP) is 5.47. The fraction of sp³-hybridized carbons (Fsp3) is 0.312. The number of ether oxygens (including phenoxy) is 1. The lowest BCUT2D eigenvalue weighted by atomic mass is 10.0. The topological polar surface area (TPSA) is 83.8 Å². The minimum absolute atomic E-state index is 0.00419. The monoisotopic (exact) mass is 422 g/mol. The van der Waals surface area contributed by atoms with Crippen molar-refractivity contribution in [3.8, 4) is 17.2 Å². The van der Waals surface area contributed by atoms with Crippen LogP contribution in [0.25, 0.3) is 0 Å². The molecule has 6 nitrogen and oxygen atoms in total. The number of hydrogen-bond acceptors (Lipinski definition) is 6. The van der Waals surface area contributed by atoms with E-state index in [0.717, 1.165) is 0 Å². The number of halogens is 3. The van der Waals surface area contributed by atoms with Crippen molar-refractivity contribution in [2.45, 2.75) is 19.8 Å². The second-order valence-electron chi connectivity index (χ2n) is 5.56. The number of rotatable bonds is 7. The molecule has 142 valence electrons. The van der Waals surface area contributed by atoms with Gasteiger partial charge in [-0.05, 0) is 24.1 Å². The highest BCUT2D eigenvalue weighted by atomic mass is 35.5. The molecule has 26 heavy (non-hydrogen) atoms. The maximum Gasteiger partial charge on any atom is 0.237 e. The van der Waals surface area contributed by atoms with Crippen LogP contribution in [0, 0.1) is 5.95 Å². The zero-order valence-electron chi connectivity index (χ0n) is 14.3. The van der Waals surface area contributed by atoms with E-state index in [9.17, 15) is 14.4 Å². The third-order valence-electron chi connectivity index (χ3n) is 3.43. The molecular formula is C16H18Cl2FN2O4P.